The Morgan fingerprint density at radius 2 is 1.90 bits per heavy atom. The Labute approximate surface area is 175 Å². The van der Waals surface area contributed by atoms with E-state index in [0.717, 1.165) is 24.0 Å². The van der Waals surface area contributed by atoms with Crippen LogP contribution in [0.2, 0.25) is 0 Å². The number of rotatable bonds is 6. The third-order valence-electron chi connectivity index (χ3n) is 5.63. The Hall–Kier alpha value is -3.25. The summed E-state index contributed by atoms with van der Waals surface area (Å²) in [6, 6.07) is 17.5. The summed E-state index contributed by atoms with van der Waals surface area (Å²) in [5, 5.41) is 12.4. The lowest BCUT2D eigenvalue weighted by molar-refractivity contribution is -0.122. The Bertz CT molecular complexity index is 1120. The summed E-state index contributed by atoms with van der Waals surface area (Å²) in [4.78, 5) is 30.7. The maximum atomic E-state index is 13.2. The van der Waals surface area contributed by atoms with Gasteiger partial charge in [0.25, 0.3) is 5.56 Å². The van der Waals surface area contributed by atoms with Gasteiger partial charge in [0.05, 0.1) is 6.04 Å². The van der Waals surface area contributed by atoms with E-state index in [1.165, 1.54) is 10.1 Å². The number of benzene rings is 2. The van der Waals surface area contributed by atoms with Gasteiger partial charge in [0, 0.05) is 29.8 Å². The second-order valence-electron chi connectivity index (χ2n) is 7.59. The number of carbonyl (C=O) groups is 1. The molecule has 1 atom stereocenters. The number of nitrogens with one attached hydrogen (secondary N) is 1. The molecule has 1 aromatic heterocycles. The number of fused-ring (bicyclic) bond motifs is 1. The highest BCUT2D eigenvalue weighted by Gasteiger charge is 2.24. The predicted octanol–water partition coefficient (Wildman–Crippen LogP) is 2.56. The van der Waals surface area contributed by atoms with Crippen molar-refractivity contribution in [1.29, 1.82) is 0 Å². The molecule has 1 amide bonds. The van der Waals surface area contributed by atoms with Crippen LogP contribution in [0.15, 0.2) is 59.4 Å². The van der Waals surface area contributed by atoms with E-state index in [9.17, 15) is 14.7 Å². The van der Waals surface area contributed by atoms with Crippen molar-refractivity contribution in [2.75, 3.05) is 6.61 Å². The molecule has 6 heteroatoms. The van der Waals surface area contributed by atoms with Gasteiger partial charge in [-0.15, -0.1) is 0 Å². The predicted molar refractivity (Wildman–Crippen MR) is 115 cm³/mol. The van der Waals surface area contributed by atoms with Crippen LogP contribution in [0.1, 0.15) is 34.8 Å². The van der Waals surface area contributed by atoms with Gasteiger partial charge in [-0.1, -0.05) is 54.6 Å². The number of aliphatic hydroxyl groups is 1. The first-order chi connectivity index (χ1) is 14.6. The van der Waals surface area contributed by atoms with E-state index in [0.29, 0.717) is 17.1 Å². The van der Waals surface area contributed by atoms with E-state index in [1.54, 1.807) is 6.92 Å². The fourth-order valence-electron chi connectivity index (χ4n) is 4.15. The monoisotopic (exact) mass is 403 g/mol. The Morgan fingerprint density at radius 3 is 2.67 bits per heavy atom. The number of nitrogens with zero attached hydrogens (tertiary/aromatic N) is 2. The molecular weight excluding hydrogens is 378 g/mol. The highest BCUT2D eigenvalue weighted by Crippen LogP contribution is 2.30. The molecule has 1 heterocycles. The van der Waals surface area contributed by atoms with Gasteiger partial charge in [0.2, 0.25) is 5.91 Å². The average molecular weight is 403 g/mol. The molecule has 30 heavy (non-hydrogen) atoms. The molecule has 6 nitrogen and oxygen atoms in total. The SMILES string of the molecule is Cc1nc(-c2ccccc2)n(CC(=O)N[C@@H]2CCc3ccccc32)c(=O)c1CCO. The Kier molecular flexibility index (Phi) is 5.77. The highest BCUT2D eigenvalue weighted by atomic mass is 16.3. The molecule has 2 aromatic carbocycles. The van der Waals surface area contributed by atoms with Gasteiger partial charge < -0.3 is 10.4 Å². The summed E-state index contributed by atoms with van der Waals surface area (Å²) in [5.41, 5.74) is 3.91. The van der Waals surface area contributed by atoms with E-state index in [1.807, 2.05) is 48.5 Å². The van der Waals surface area contributed by atoms with Gasteiger partial charge in [0.1, 0.15) is 12.4 Å². The van der Waals surface area contributed by atoms with Gasteiger partial charge in [-0.25, -0.2) is 4.98 Å². The van der Waals surface area contributed by atoms with E-state index in [4.69, 9.17) is 0 Å². The minimum atomic E-state index is -0.280. The Balaban J connectivity index is 1.66. The van der Waals surface area contributed by atoms with Crippen molar-refractivity contribution in [2.24, 2.45) is 0 Å². The number of hydrogen-bond acceptors (Lipinski definition) is 4. The maximum absolute atomic E-state index is 13.2. The zero-order valence-electron chi connectivity index (χ0n) is 17.0. The van der Waals surface area contributed by atoms with Crippen molar-refractivity contribution in [2.45, 2.75) is 38.8 Å². The first-order valence-corrected chi connectivity index (χ1v) is 10.2. The molecule has 0 saturated heterocycles. The first-order valence-electron chi connectivity index (χ1n) is 10.2. The zero-order valence-corrected chi connectivity index (χ0v) is 17.0. The van der Waals surface area contributed by atoms with Crippen LogP contribution >= 0.6 is 0 Å². The van der Waals surface area contributed by atoms with Gasteiger partial charge in [-0.3, -0.25) is 14.2 Å². The summed E-state index contributed by atoms with van der Waals surface area (Å²) in [6.07, 6.45) is 2.00. The Morgan fingerprint density at radius 1 is 1.17 bits per heavy atom. The van der Waals surface area contributed by atoms with Crippen molar-refractivity contribution in [3.63, 3.8) is 0 Å². The summed E-state index contributed by atoms with van der Waals surface area (Å²) in [7, 11) is 0. The van der Waals surface area contributed by atoms with Crippen molar-refractivity contribution in [3.8, 4) is 11.4 Å². The van der Waals surface area contributed by atoms with Crippen molar-refractivity contribution < 1.29 is 9.90 Å². The lowest BCUT2D eigenvalue weighted by atomic mass is 10.1. The van der Waals surface area contributed by atoms with Crippen LogP contribution in [0.4, 0.5) is 0 Å². The number of carbonyl (C=O) groups excluding carboxylic acids is 1. The molecule has 0 bridgehead atoms. The minimum absolute atomic E-state index is 0.0418. The largest absolute Gasteiger partial charge is 0.396 e. The van der Waals surface area contributed by atoms with Crippen LogP contribution in [0.3, 0.4) is 0 Å². The molecule has 0 aliphatic heterocycles. The molecule has 0 fully saturated rings. The van der Waals surface area contributed by atoms with Gasteiger partial charge in [0.15, 0.2) is 0 Å². The van der Waals surface area contributed by atoms with Crippen LogP contribution < -0.4 is 10.9 Å². The van der Waals surface area contributed by atoms with Crippen LogP contribution in [-0.4, -0.2) is 27.2 Å². The molecule has 2 N–H and O–H groups in total. The molecule has 4 rings (SSSR count). The molecular formula is C24H25N3O3. The lowest BCUT2D eigenvalue weighted by Gasteiger charge is -2.18. The summed E-state index contributed by atoms with van der Waals surface area (Å²) >= 11 is 0. The van der Waals surface area contributed by atoms with Gasteiger partial charge in [-0.2, -0.15) is 0 Å². The number of aromatic nitrogens is 2. The molecule has 154 valence electrons. The fraction of sp³-hybridized carbons (Fsp3) is 0.292. The molecule has 1 aliphatic carbocycles. The van der Waals surface area contributed by atoms with Crippen molar-refractivity contribution in [1.82, 2.24) is 14.9 Å². The summed E-state index contributed by atoms with van der Waals surface area (Å²) < 4.78 is 1.42. The molecule has 1 aliphatic rings. The summed E-state index contributed by atoms with van der Waals surface area (Å²) in [6.45, 7) is 1.50. The van der Waals surface area contributed by atoms with E-state index < -0.39 is 0 Å². The second kappa shape index (κ2) is 8.63. The quantitative estimate of drug-likeness (QED) is 0.663. The van der Waals surface area contributed by atoms with E-state index in [-0.39, 0.29) is 37.1 Å². The van der Waals surface area contributed by atoms with Crippen LogP contribution in [0.5, 0.6) is 0 Å². The zero-order chi connectivity index (χ0) is 21.1. The van der Waals surface area contributed by atoms with Crippen molar-refractivity contribution in [3.05, 3.63) is 87.3 Å². The molecule has 0 unspecified atom stereocenters. The molecule has 0 saturated carbocycles. The smallest absolute Gasteiger partial charge is 0.257 e. The van der Waals surface area contributed by atoms with E-state index >= 15 is 0 Å². The average Bonchev–Trinajstić information content (AvgIpc) is 3.16. The number of aryl methyl sites for hydroxylation is 2. The van der Waals surface area contributed by atoms with Crippen LogP contribution in [0, 0.1) is 6.92 Å². The van der Waals surface area contributed by atoms with Gasteiger partial charge >= 0.3 is 0 Å². The number of aliphatic hydroxyl groups excluding tert-OH is 1. The fourth-order valence-corrected chi connectivity index (χ4v) is 4.15. The molecule has 3 aromatic rings. The van der Waals surface area contributed by atoms with Crippen molar-refractivity contribution >= 4 is 5.91 Å². The maximum Gasteiger partial charge on any atom is 0.257 e. The minimum Gasteiger partial charge on any atom is -0.396 e. The number of amides is 1. The summed E-state index contributed by atoms with van der Waals surface area (Å²) in [5.74, 6) is 0.235. The van der Waals surface area contributed by atoms with Gasteiger partial charge in [-0.05, 0) is 30.9 Å². The highest BCUT2D eigenvalue weighted by molar-refractivity contribution is 5.77. The van der Waals surface area contributed by atoms with E-state index in [2.05, 4.69) is 16.4 Å². The van der Waals surface area contributed by atoms with Crippen LogP contribution in [0.25, 0.3) is 11.4 Å². The third-order valence-corrected chi connectivity index (χ3v) is 5.63. The second-order valence-corrected chi connectivity index (χ2v) is 7.59. The molecule has 0 radical (unpaired) electrons. The topological polar surface area (TPSA) is 84.2 Å². The first kappa shape index (κ1) is 20.0. The third kappa shape index (κ3) is 3.91. The molecule has 0 spiro atoms. The normalized spacial score (nSPS) is 15.1. The standard InChI is InChI=1S/C24H25N3O3/c1-16-19(13-14-28)24(30)27(23(25-16)18-8-3-2-4-9-18)15-22(29)26-21-12-11-17-7-5-6-10-20(17)21/h2-10,21,28H,11-15H2,1H3,(H,26,29)/t21-/m1/s1. The number of hydrogen-bond donors (Lipinski definition) is 2. The lowest BCUT2D eigenvalue weighted by Crippen LogP contribution is -2.36. The van der Waals surface area contributed by atoms with Crippen LogP contribution in [-0.2, 0) is 24.2 Å².